The molecule has 4 nitrogen and oxygen atoms in total. The number of carbonyl (C=O) groups is 1. The summed E-state index contributed by atoms with van der Waals surface area (Å²) in [6.45, 7) is 8.37. The van der Waals surface area contributed by atoms with Crippen molar-refractivity contribution in [1.29, 1.82) is 0 Å². The fraction of sp³-hybridized carbons (Fsp3) is 0.421. The Morgan fingerprint density at radius 2 is 1.80 bits per heavy atom. The molecular formula is C19H23NO3S2. The van der Waals surface area contributed by atoms with E-state index in [-0.39, 0.29) is 0 Å². The van der Waals surface area contributed by atoms with Crippen molar-refractivity contribution in [3.05, 3.63) is 44.8 Å². The molecule has 2 heterocycles. The number of thiophene rings is 2. The lowest BCUT2D eigenvalue weighted by Crippen LogP contribution is -2.38. The second kappa shape index (κ2) is 9.16. The van der Waals surface area contributed by atoms with Gasteiger partial charge in [0.05, 0.1) is 16.3 Å². The number of hydrogen-bond donors (Lipinski definition) is 1. The maximum absolute atomic E-state index is 12.7. The van der Waals surface area contributed by atoms with E-state index in [2.05, 4.69) is 30.6 Å². The average molecular weight is 378 g/mol. The van der Waals surface area contributed by atoms with E-state index in [0.29, 0.717) is 16.3 Å². The minimum atomic E-state index is -1.78. The molecule has 0 fully saturated rings. The van der Waals surface area contributed by atoms with Gasteiger partial charge in [-0.3, -0.25) is 4.90 Å². The van der Waals surface area contributed by atoms with Crippen LogP contribution in [0.5, 0.6) is 0 Å². The fourth-order valence-electron chi connectivity index (χ4n) is 2.32. The molecule has 25 heavy (non-hydrogen) atoms. The van der Waals surface area contributed by atoms with Gasteiger partial charge in [-0.25, -0.2) is 4.79 Å². The molecule has 134 valence electrons. The van der Waals surface area contributed by atoms with Gasteiger partial charge in [0.25, 0.3) is 0 Å². The van der Waals surface area contributed by atoms with Crippen LogP contribution < -0.4 is 0 Å². The summed E-state index contributed by atoms with van der Waals surface area (Å²) in [6.07, 6.45) is -0.588. The summed E-state index contributed by atoms with van der Waals surface area (Å²) >= 11 is 2.65. The number of hydrogen-bond acceptors (Lipinski definition) is 6. The molecular weight excluding hydrogens is 354 g/mol. The van der Waals surface area contributed by atoms with Crippen LogP contribution in [-0.2, 0) is 15.1 Å². The molecule has 1 N–H and O–H groups in total. The first-order chi connectivity index (χ1) is 12.0. The van der Waals surface area contributed by atoms with E-state index in [4.69, 9.17) is 4.74 Å². The lowest BCUT2D eigenvalue weighted by atomic mass is 10.00. The Balaban J connectivity index is 2.12. The van der Waals surface area contributed by atoms with Gasteiger partial charge in [0.1, 0.15) is 0 Å². The highest BCUT2D eigenvalue weighted by atomic mass is 32.1. The van der Waals surface area contributed by atoms with E-state index >= 15 is 0 Å². The molecule has 0 aliphatic rings. The normalized spacial score (nSPS) is 12.5. The predicted molar refractivity (Wildman–Crippen MR) is 103 cm³/mol. The molecule has 0 spiro atoms. The Morgan fingerprint density at radius 1 is 1.24 bits per heavy atom. The third-order valence-electron chi connectivity index (χ3n) is 3.84. The molecule has 0 aromatic carbocycles. The number of carbonyl (C=O) groups excluding carboxylic acids is 1. The Kier molecular flexibility index (Phi) is 7.21. The quantitative estimate of drug-likeness (QED) is 0.594. The summed E-state index contributed by atoms with van der Waals surface area (Å²) in [5.74, 6) is 5.28. The second-order valence-electron chi connectivity index (χ2n) is 5.50. The Bertz CT molecular complexity index is 675. The van der Waals surface area contributed by atoms with Crippen LogP contribution in [-0.4, -0.2) is 41.7 Å². The largest absolute Gasteiger partial charge is 0.447 e. The van der Waals surface area contributed by atoms with Crippen molar-refractivity contribution >= 4 is 28.6 Å². The van der Waals surface area contributed by atoms with Crippen molar-refractivity contribution < 1.29 is 14.6 Å². The maximum atomic E-state index is 12.7. The standard InChI is InChI=1S/C19H23NO3S2/c1-4-20(5-2)12-6-9-15(3)23-18(21)19(22,16-10-7-13-24-16)17-11-8-14-25-17/h7-8,10-11,13-15,22H,4-5,12H2,1-3H3. The lowest BCUT2D eigenvalue weighted by molar-refractivity contribution is -0.163. The predicted octanol–water partition coefficient (Wildman–Crippen LogP) is 3.32. The summed E-state index contributed by atoms with van der Waals surface area (Å²) in [5, 5.41) is 14.8. The van der Waals surface area contributed by atoms with Gasteiger partial charge in [-0.15, -0.1) is 22.7 Å². The Labute approximate surface area is 157 Å². The van der Waals surface area contributed by atoms with Gasteiger partial charge in [-0.05, 0) is 42.9 Å². The number of nitrogens with zero attached hydrogens (tertiary/aromatic N) is 1. The monoisotopic (exact) mass is 377 g/mol. The van der Waals surface area contributed by atoms with E-state index in [9.17, 15) is 9.90 Å². The zero-order valence-electron chi connectivity index (χ0n) is 14.7. The van der Waals surface area contributed by atoms with Gasteiger partial charge in [-0.2, -0.15) is 0 Å². The Morgan fingerprint density at radius 3 is 2.24 bits per heavy atom. The first kappa shape index (κ1) is 19.7. The van der Waals surface area contributed by atoms with Gasteiger partial charge in [0.2, 0.25) is 5.60 Å². The summed E-state index contributed by atoms with van der Waals surface area (Å²) in [4.78, 5) is 16.0. The average Bonchev–Trinajstić information content (AvgIpc) is 3.31. The van der Waals surface area contributed by atoms with Crippen molar-refractivity contribution in [2.75, 3.05) is 19.6 Å². The van der Waals surface area contributed by atoms with E-state index in [0.717, 1.165) is 13.1 Å². The van der Waals surface area contributed by atoms with Gasteiger partial charge in [0.15, 0.2) is 6.10 Å². The highest BCUT2D eigenvalue weighted by Crippen LogP contribution is 2.36. The third kappa shape index (κ3) is 4.71. The minimum Gasteiger partial charge on any atom is -0.447 e. The molecule has 2 rings (SSSR count). The van der Waals surface area contributed by atoms with Crippen LogP contribution in [0.15, 0.2) is 35.0 Å². The zero-order valence-corrected chi connectivity index (χ0v) is 16.3. The van der Waals surface area contributed by atoms with E-state index in [1.807, 2.05) is 10.8 Å². The number of aliphatic hydroxyl groups is 1. The molecule has 1 atom stereocenters. The van der Waals surface area contributed by atoms with E-state index in [1.54, 1.807) is 31.2 Å². The van der Waals surface area contributed by atoms with Crippen LogP contribution in [0.25, 0.3) is 0 Å². The van der Waals surface area contributed by atoms with Crippen LogP contribution in [0, 0.1) is 11.8 Å². The molecule has 2 aromatic rings. The van der Waals surface area contributed by atoms with Gasteiger partial charge in [0, 0.05) is 0 Å². The summed E-state index contributed by atoms with van der Waals surface area (Å²) in [5.41, 5.74) is -1.78. The highest BCUT2D eigenvalue weighted by Gasteiger charge is 2.44. The van der Waals surface area contributed by atoms with Crippen molar-refractivity contribution in [2.24, 2.45) is 0 Å². The number of rotatable bonds is 7. The molecule has 1 unspecified atom stereocenters. The minimum absolute atomic E-state index is 0.545. The molecule has 0 saturated heterocycles. The SMILES string of the molecule is CCN(CC)CC#CC(C)OC(=O)C(O)(c1cccs1)c1cccs1. The van der Waals surface area contributed by atoms with Crippen LogP contribution >= 0.6 is 22.7 Å². The van der Waals surface area contributed by atoms with Crippen molar-refractivity contribution in [3.63, 3.8) is 0 Å². The summed E-state index contributed by atoms with van der Waals surface area (Å²) in [6, 6.07) is 7.09. The number of esters is 1. The molecule has 0 radical (unpaired) electrons. The lowest BCUT2D eigenvalue weighted by Gasteiger charge is -2.24. The molecule has 0 aliphatic carbocycles. The van der Waals surface area contributed by atoms with Crippen molar-refractivity contribution in [3.8, 4) is 11.8 Å². The third-order valence-corrected chi connectivity index (χ3v) is 5.79. The summed E-state index contributed by atoms with van der Waals surface area (Å²) in [7, 11) is 0. The molecule has 0 aliphatic heterocycles. The van der Waals surface area contributed by atoms with Gasteiger partial charge in [-0.1, -0.05) is 37.8 Å². The molecule has 0 amide bonds. The Hall–Kier alpha value is -1.65. The van der Waals surface area contributed by atoms with Crippen LogP contribution in [0.4, 0.5) is 0 Å². The van der Waals surface area contributed by atoms with Crippen LogP contribution in [0.2, 0.25) is 0 Å². The zero-order chi connectivity index (χ0) is 18.3. The van der Waals surface area contributed by atoms with Gasteiger partial charge >= 0.3 is 5.97 Å². The van der Waals surface area contributed by atoms with E-state index < -0.39 is 17.7 Å². The summed E-state index contributed by atoms with van der Waals surface area (Å²) < 4.78 is 5.44. The second-order valence-corrected chi connectivity index (χ2v) is 7.39. The highest BCUT2D eigenvalue weighted by molar-refractivity contribution is 7.12. The van der Waals surface area contributed by atoms with Crippen LogP contribution in [0.3, 0.4) is 0 Å². The topological polar surface area (TPSA) is 49.8 Å². The van der Waals surface area contributed by atoms with Crippen molar-refractivity contribution in [2.45, 2.75) is 32.5 Å². The molecule has 6 heteroatoms. The smallest absolute Gasteiger partial charge is 0.350 e. The van der Waals surface area contributed by atoms with E-state index in [1.165, 1.54) is 22.7 Å². The van der Waals surface area contributed by atoms with Crippen molar-refractivity contribution in [1.82, 2.24) is 4.90 Å². The molecule has 2 aromatic heterocycles. The van der Waals surface area contributed by atoms with Crippen LogP contribution in [0.1, 0.15) is 30.5 Å². The first-order valence-electron chi connectivity index (χ1n) is 8.24. The molecule has 0 bridgehead atoms. The number of ether oxygens (including phenoxy) is 1. The molecule has 0 saturated carbocycles. The first-order valence-corrected chi connectivity index (χ1v) is 10.00. The maximum Gasteiger partial charge on any atom is 0.350 e. The van der Waals surface area contributed by atoms with Gasteiger partial charge < -0.3 is 9.84 Å². The fourth-order valence-corrected chi connectivity index (χ4v) is 4.03.